The third-order valence-electron chi connectivity index (χ3n) is 3.32. The van der Waals surface area contributed by atoms with Crippen molar-refractivity contribution in [1.82, 2.24) is 10.2 Å². The fourth-order valence-electron chi connectivity index (χ4n) is 2.67. The second-order valence-corrected chi connectivity index (χ2v) is 5.07. The zero-order valence-corrected chi connectivity index (χ0v) is 9.28. The summed E-state index contributed by atoms with van der Waals surface area (Å²) in [4.78, 5) is 2.66. The molecule has 0 radical (unpaired) electrons. The Kier molecular flexibility index (Phi) is 3.52. The SMILES string of the molecule is CSCCNC1CCN2CCCC12. The van der Waals surface area contributed by atoms with Crippen molar-refractivity contribution in [2.45, 2.75) is 31.3 Å². The Bertz CT molecular complexity index is 163. The van der Waals surface area contributed by atoms with Gasteiger partial charge in [0, 0.05) is 30.9 Å². The van der Waals surface area contributed by atoms with Crippen LogP contribution in [0.2, 0.25) is 0 Å². The Morgan fingerprint density at radius 2 is 2.31 bits per heavy atom. The fraction of sp³-hybridized carbons (Fsp3) is 1.00. The first-order chi connectivity index (χ1) is 6.42. The summed E-state index contributed by atoms with van der Waals surface area (Å²) in [5.41, 5.74) is 0. The van der Waals surface area contributed by atoms with Crippen molar-refractivity contribution in [1.29, 1.82) is 0 Å². The Balaban J connectivity index is 1.74. The van der Waals surface area contributed by atoms with Crippen LogP contribution >= 0.6 is 11.8 Å². The molecule has 2 aliphatic heterocycles. The first kappa shape index (κ1) is 9.81. The highest BCUT2D eigenvalue weighted by Crippen LogP contribution is 2.27. The van der Waals surface area contributed by atoms with Crippen LogP contribution in [0.25, 0.3) is 0 Å². The minimum absolute atomic E-state index is 0.801. The van der Waals surface area contributed by atoms with E-state index in [0.717, 1.165) is 12.1 Å². The van der Waals surface area contributed by atoms with E-state index < -0.39 is 0 Å². The van der Waals surface area contributed by atoms with Crippen molar-refractivity contribution in [3.63, 3.8) is 0 Å². The molecule has 13 heavy (non-hydrogen) atoms. The molecule has 76 valence electrons. The smallest absolute Gasteiger partial charge is 0.0250 e. The highest BCUT2D eigenvalue weighted by atomic mass is 32.2. The minimum Gasteiger partial charge on any atom is -0.312 e. The first-order valence-electron chi connectivity index (χ1n) is 5.38. The molecule has 0 bridgehead atoms. The molecule has 0 aromatic carbocycles. The molecule has 0 spiro atoms. The van der Waals surface area contributed by atoms with Gasteiger partial charge in [-0.2, -0.15) is 11.8 Å². The van der Waals surface area contributed by atoms with Gasteiger partial charge in [-0.05, 0) is 32.1 Å². The number of thioether (sulfide) groups is 1. The molecular formula is C10H20N2S. The van der Waals surface area contributed by atoms with Gasteiger partial charge in [0.05, 0.1) is 0 Å². The van der Waals surface area contributed by atoms with Crippen molar-refractivity contribution < 1.29 is 0 Å². The summed E-state index contributed by atoms with van der Waals surface area (Å²) < 4.78 is 0. The van der Waals surface area contributed by atoms with Gasteiger partial charge >= 0.3 is 0 Å². The van der Waals surface area contributed by atoms with Crippen molar-refractivity contribution >= 4 is 11.8 Å². The topological polar surface area (TPSA) is 15.3 Å². The van der Waals surface area contributed by atoms with Crippen LogP contribution in [-0.4, -0.2) is 48.6 Å². The van der Waals surface area contributed by atoms with Crippen LogP contribution in [0.3, 0.4) is 0 Å². The lowest BCUT2D eigenvalue weighted by atomic mass is 10.1. The summed E-state index contributed by atoms with van der Waals surface area (Å²) in [6, 6.07) is 1.68. The molecule has 0 aromatic heterocycles. The number of nitrogens with one attached hydrogen (secondary N) is 1. The summed E-state index contributed by atoms with van der Waals surface area (Å²) in [7, 11) is 0. The molecule has 2 rings (SSSR count). The average molecular weight is 200 g/mol. The van der Waals surface area contributed by atoms with Gasteiger partial charge in [-0.15, -0.1) is 0 Å². The van der Waals surface area contributed by atoms with Crippen LogP contribution < -0.4 is 5.32 Å². The van der Waals surface area contributed by atoms with Gasteiger partial charge in [-0.3, -0.25) is 4.90 Å². The molecule has 3 heteroatoms. The molecular weight excluding hydrogens is 180 g/mol. The van der Waals surface area contributed by atoms with Crippen molar-refractivity contribution in [3.8, 4) is 0 Å². The quantitative estimate of drug-likeness (QED) is 0.686. The summed E-state index contributed by atoms with van der Waals surface area (Å²) in [6.07, 6.45) is 6.40. The molecule has 0 aliphatic carbocycles. The number of rotatable bonds is 4. The largest absolute Gasteiger partial charge is 0.312 e. The number of hydrogen-bond acceptors (Lipinski definition) is 3. The highest BCUT2D eigenvalue weighted by Gasteiger charge is 2.36. The van der Waals surface area contributed by atoms with Gasteiger partial charge in [0.1, 0.15) is 0 Å². The third kappa shape index (κ3) is 2.20. The predicted octanol–water partition coefficient (Wildman–Crippen LogP) is 1.18. The summed E-state index contributed by atoms with van der Waals surface area (Å²) >= 11 is 1.93. The summed E-state index contributed by atoms with van der Waals surface area (Å²) in [5, 5.41) is 3.69. The van der Waals surface area contributed by atoms with Crippen LogP contribution in [0.1, 0.15) is 19.3 Å². The monoisotopic (exact) mass is 200 g/mol. The lowest BCUT2D eigenvalue weighted by Crippen LogP contribution is -2.40. The maximum Gasteiger partial charge on any atom is 0.0250 e. The van der Waals surface area contributed by atoms with E-state index in [9.17, 15) is 0 Å². The minimum atomic E-state index is 0.801. The van der Waals surface area contributed by atoms with Crippen LogP contribution in [0, 0.1) is 0 Å². The highest BCUT2D eigenvalue weighted by molar-refractivity contribution is 7.98. The first-order valence-corrected chi connectivity index (χ1v) is 6.77. The van der Waals surface area contributed by atoms with E-state index in [4.69, 9.17) is 0 Å². The van der Waals surface area contributed by atoms with E-state index in [-0.39, 0.29) is 0 Å². The summed E-state index contributed by atoms with van der Waals surface area (Å²) in [5.74, 6) is 1.25. The standard InChI is InChI=1S/C10H20N2S/c1-13-8-5-11-9-4-7-12-6-2-3-10(9)12/h9-11H,2-8H2,1H3. The van der Waals surface area contributed by atoms with E-state index in [1.807, 2.05) is 11.8 Å². The molecule has 2 atom stereocenters. The van der Waals surface area contributed by atoms with Gasteiger partial charge in [0.25, 0.3) is 0 Å². The lowest BCUT2D eigenvalue weighted by molar-refractivity contribution is 0.301. The lowest BCUT2D eigenvalue weighted by Gasteiger charge is -2.21. The molecule has 2 heterocycles. The molecule has 0 saturated carbocycles. The van der Waals surface area contributed by atoms with Gasteiger partial charge in [-0.1, -0.05) is 0 Å². The molecule has 2 aliphatic rings. The zero-order valence-electron chi connectivity index (χ0n) is 8.46. The van der Waals surface area contributed by atoms with Gasteiger partial charge in [0.2, 0.25) is 0 Å². The van der Waals surface area contributed by atoms with E-state index >= 15 is 0 Å². The average Bonchev–Trinajstić information content (AvgIpc) is 2.68. The molecule has 0 aromatic rings. The second-order valence-electron chi connectivity index (χ2n) is 4.09. The van der Waals surface area contributed by atoms with Gasteiger partial charge in [0.15, 0.2) is 0 Å². The van der Waals surface area contributed by atoms with Gasteiger partial charge < -0.3 is 5.32 Å². The Morgan fingerprint density at radius 3 is 3.15 bits per heavy atom. The second kappa shape index (κ2) is 4.67. The van der Waals surface area contributed by atoms with E-state index in [1.54, 1.807) is 0 Å². The summed E-state index contributed by atoms with van der Waals surface area (Å²) in [6.45, 7) is 3.88. The molecule has 2 nitrogen and oxygen atoms in total. The molecule has 0 amide bonds. The maximum absolute atomic E-state index is 3.69. The van der Waals surface area contributed by atoms with Crippen LogP contribution in [0.15, 0.2) is 0 Å². The fourth-order valence-corrected chi connectivity index (χ4v) is 2.99. The van der Waals surface area contributed by atoms with E-state index in [1.165, 1.54) is 44.6 Å². The number of nitrogens with zero attached hydrogens (tertiary/aromatic N) is 1. The molecule has 2 saturated heterocycles. The van der Waals surface area contributed by atoms with E-state index in [0.29, 0.717) is 0 Å². The third-order valence-corrected chi connectivity index (χ3v) is 3.93. The Hall–Kier alpha value is 0.270. The van der Waals surface area contributed by atoms with Crippen molar-refractivity contribution in [2.75, 3.05) is 31.6 Å². The maximum atomic E-state index is 3.69. The van der Waals surface area contributed by atoms with Gasteiger partial charge in [-0.25, -0.2) is 0 Å². The molecule has 2 fully saturated rings. The van der Waals surface area contributed by atoms with Crippen molar-refractivity contribution in [2.24, 2.45) is 0 Å². The van der Waals surface area contributed by atoms with Crippen LogP contribution in [-0.2, 0) is 0 Å². The van der Waals surface area contributed by atoms with Crippen LogP contribution in [0.4, 0.5) is 0 Å². The molecule has 2 unspecified atom stereocenters. The number of fused-ring (bicyclic) bond motifs is 1. The zero-order chi connectivity index (χ0) is 9.10. The van der Waals surface area contributed by atoms with Crippen LogP contribution in [0.5, 0.6) is 0 Å². The van der Waals surface area contributed by atoms with Crippen molar-refractivity contribution in [3.05, 3.63) is 0 Å². The Morgan fingerprint density at radius 1 is 1.38 bits per heavy atom. The van der Waals surface area contributed by atoms with E-state index in [2.05, 4.69) is 16.5 Å². The number of hydrogen-bond donors (Lipinski definition) is 1. The Labute approximate surface area is 85.4 Å². The predicted molar refractivity (Wildman–Crippen MR) is 59.4 cm³/mol. The molecule has 1 N–H and O–H groups in total. The normalized spacial score (nSPS) is 33.9.